The summed E-state index contributed by atoms with van der Waals surface area (Å²) in [4.78, 5) is 8.48. The second kappa shape index (κ2) is 5.48. The monoisotopic (exact) mass is 259 g/mol. The van der Waals surface area contributed by atoms with Crippen molar-refractivity contribution in [3.05, 3.63) is 23.8 Å². The van der Waals surface area contributed by atoms with Crippen LogP contribution in [0.15, 0.2) is 33.8 Å². The Morgan fingerprint density at radius 3 is 2.83 bits per heavy atom. The molecule has 98 valence electrons. The van der Waals surface area contributed by atoms with Gasteiger partial charge in [0.25, 0.3) is 0 Å². The lowest BCUT2D eigenvalue weighted by Crippen LogP contribution is -2.30. The van der Waals surface area contributed by atoms with Crippen molar-refractivity contribution in [2.75, 3.05) is 6.54 Å². The Kier molecular flexibility index (Phi) is 4.24. The van der Waals surface area contributed by atoms with Gasteiger partial charge in [-0.3, -0.25) is 15.4 Å². The first-order chi connectivity index (χ1) is 8.33. The lowest BCUT2D eigenvalue weighted by atomic mass is 10.2. The van der Waals surface area contributed by atoms with Gasteiger partial charge in [0.1, 0.15) is 11.5 Å². The molecule has 8 heteroatoms. The summed E-state index contributed by atoms with van der Waals surface area (Å²) in [6, 6.07) is 0. The van der Waals surface area contributed by atoms with E-state index in [1.807, 2.05) is 0 Å². The molecule has 0 saturated carbocycles. The van der Waals surface area contributed by atoms with E-state index in [9.17, 15) is 13.2 Å². The first kappa shape index (κ1) is 13.9. The molecule has 0 radical (unpaired) electrons. The molecule has 0 aliphatic carbocycles. The molecule has 0 spiro atoms. The van der Waals surface area contributed by atoms with Gasteiger partial charge < -0.3 is 10.6 Å². The summed E-state index contributed by atoms with van der Waals surface area (Å²) < 4.78 is 36.7. The first-order valence-corrected chi connectivity index (χ1v) is 4.90. The highest BCUT2D eigenvalue weighted by molar-refractivity contribution is 5.94. The molecule has 0 saturated heterocycles. The van der Waals surface area contributed by atoms with Gasteiger partial charge in [0.05, 0.1) is 24.9 Å². The molecule has 18 heavy (non-hydrogen) atoms. The minimum absolute atomic E-state index is 0.148. The molecule has 1 aliphatic heterocycles. The number of hydrogen-bond acceptors (Lipinski definition) is 4. The van der Waals surface area contributed by atoms with Crippen molar-refractivity contribution in [1.82, 2.24) is 4.90 Å². The van der Waals surface area contributed by atoms with Crippen LogP contribution in [0.2, 0.25) is 0 Å². The molecule has 5 nitrogen and oxygen atoms in total. The van der Waals surface area contributed by atoms with Crippen LogP contribution in [0.5, 0.6) is 0 Å². The number of rotatable bonds is 4. The van der Waals surface area contributed by atoms with Crippen molar-refractivity contribution in [2.24, 2.45) is 15.7 Å². The summed E-state index contributed by atoms with van der Waals surface area (Å²) in [5.41, 5.74) is 5.34. The Hall–Kier alpha value is -2.12. The van der Waals surface area contributed by atoms with Crippen LogP contribution in [0, 0.1) is 5.41 Å². The third-order valence-electron chi connectivity index (χ3n) is 2.02. The van der Waals surface area contributed by atoms with Gasteiger partial charge in [-0.15, -0.1) is 0 Å². The van der Waals surface area contributed by atoms with E-state index >= 15 is 0 Å². The van der Waals surface area contributed by atoms with E-state index in [1.165, 1.54) is 23.5 Å². The lowest BCUT2D eigenvalue weighted by molar-refractivity contribution is -0.127. The summed E-state index contributed by atoms with van der Waals surface area (Å²) in [6.45, 7) is 3.44. The average molecular weight is 259 g/mol. The first-order valence-electron chi connectivity index (χ1n) is 4.90. The van der Waals surface area contributed by atoms with Crippen LogP contribution in [0.1, 0.15) is 6.42 Å². The molecule has 1 heterocycles. The minimum Gasteiger partial charge on any atom is -0.382 e. The molecule has 0 fully saturated rings. The van der Waals surface area contributed by atoms with Crippen LogP contribution < -0.4 is 5.73 Å². The number of nitrogens with zero attached hydrogens (tertiary/aromatic N) is 3. The highest BCUT2D eigenvalue weighted by atomic mass is 19.4. The maximum Gasteiger partial charge on any atom is 0.394 e. The smallest absolute Gasteiger partial charge is 0.382 e. The zero-order valence-corrected chi connectivity index (χ0v) is 9.41. The molecule has 0 amide bonds. The van der Waals surface area contributed by atoms with Crippen LogP contribution in [0.4, 0.5) is 13.2 Å². The topological polar surface area (TPSA) is 77.8 Å². The van der Waals surface area contributed by atoms with Crippen LogP contribution >= 0.6 is 0 Å². The van der Waals surface area contributed by atoms with Crippen molar-refractivity contribution in [3.63, 3.8) is 0 Å². The molecular weight excluding hydrogens is 247 g/mol. The number of nitrogens with two attached hydrogens (primary N) is 1. The van der Waals surface area contributed by atoms with E-state index in [4.69, 9.17) is 11.1 Å². The fourth-order valence-electron chi connectivity index (χ4n) is 1.36. The van der Waals surface area contributed by atoms with Gasteiger partial charge in [0.15, 0.2) is 0 Å². The number of amidine groups is 1. The normalized spacial score (nSPS) is 16.5. The van der Waals surface area contributed by atoms with Gasteiger partial charge in [-0.05, 0) is 6.72 Å². The summed E-state index contributed by atoms with van der Waals surface area (Å²) in [5.74, 6) is -0.305. The van der Waals surface area contributed by atoms with Gasteiger partial charge in [0.2, 0.25) is 0 Å². The molecule has 3 N–H and O–H groups in total. The fourth-order valence-corrected chi connectivity index (χ4v) is 1.36. The summed E-state index contributed by atoms with van der Waals surface area (Å²) in [5, 5.41) is 7.32. The van der Waals surface area contributed by atoms with Gasteiger partial charge >= 0.3 is 6.18 Å². The lowest BCUT2D eigenvalue weighted by Gasteiger charge is -2.24. The van der Waals surface area contributed by atoms with E-state index in [0.717, 1.165) is 0 Å². The van der Waals surface area contributed by atoms with Crippen molar-refractivity contribution in [3.8, 4) is 0 Å². The summed E-state index contributed by atoms with van der Waals surface area (Å²) in [6.07, 6.45) is -1.73. The number of aliphatic imine (C=N–C) groups is 2. The van der Waals surface area contributed by atoms with E-state index in [2.05, 4.69) is 16.7 Å². The Bertz CT molecular complexity index is 433. The van der Waals surface area contributed by atoms with Crippen LogP contribution in [0.25, 0.3) is 0 Å². The van der Waals surface area contributed by atoms with E-state index in [1.54, 1.807) is 0 Å². The fraction of sp³-hybridized carbons (Fsp3) is 0.300. The zero-order chi connectivity index (χ0) is 13.8. The zero-order valence-electron chi connectivity index (χ0n) is 9.41. The highest BCUT2D eigenvalue weighted by Crippen LogP contribution is 2.26. The van der Waals surface area contributed by atoms with E-state index in [0.29, 0.717) is 0 Å². The maximum absolute atomic E-state index is 12.2. The van der Waals surface area contributed by atoms with Gasteiger partial charge in [-0.1, -0.05) is 0 Å². The SMILES string of the molecule is C=N/C=C(/C(=N)N)N1C=C(CC(F)(F)F)N=CC1. The van der Waals surface area contributed by atoms with Crippen molar-refractivity contribution in [2.45, 2.75) is 12.6 Å². The minimum atomic E-state index is -4.33. The molecule has 1 rings (SSSR count). The van der Waals surface area contributed by atoms with Gasteiger partial charge in [0, 0.05) is 12.4 Å². The molecule has 1 aliphatic rings. The molecular formula is C10H12F3N5. The molecule has 0 bridgehead atoms. The number of hydrogen-bond donors (Lipinski definition) is 2. The van der Waals surface area contributed by atoms with Crippen molar-refractivity contribution in [1.29, 1.82) is 5.41 Å². The summed E-state index contributed by atoms with van der Waals surface area (Å²) >= 11 is 0. The molecule has 0 unspecified atom stereocenters. The highest BCUT2D eigenvalue weighted by Gasteiger charge is 2.30. The predicted octanol–water partition coefficient (Wildman–Crippen LogP) is 1.64. The predicted molar refractivity (Wildman–Crippen MR) is 63.5 cm³/mol. The van der Waals surface area contributed by atoms with Crippen LogP contribution in [-0.4, -0.2) is 36.4 Å². The molecule has 0 aromatic carbocycles. The third-order valence-corrected chi connectivity index (χ3v) is 2.02. The number of allylic oxidation sites excluding steroid dienone is 1. The number of alkyl halides is 3. The molecule has 0 aromatic heterocycles. The Labute approximate surface area is 102 Å². The van der Waals surface area contributed by atoms with Gasteiger partial charge in [-0.2, -0.15) is 13.2 Å². The van der Waals surface area contributed by atoms with E-state index in [-0.39, 0.29) is 23.8 Å². The third kappa shape index (κ3) is 4.04. The second-order valence-electron chi connectivity index (χ2n) is 3.49. The maximum atomic E-state index is 12.2. The van der Waals surface area contributed by atoms with Crippen LogP contribution in [0.3, 0.4) is 0 Å². The van der Waals surface area contributed by atoms with Gasteiger partial charge in [-0.25, -0.2) is 0 Å². The average Bonchev–Trinajstić information content (AvgIpc) is 2.23. The second-order valence-corrected chi connectivity index (χ2v) is 3.49. The standard InChI is InChI=1S/C10H12F3N5/c1-16-5-8(9(14)15)18-3-2-17-7(6-18)4-10(11,12)13/h2,5-6H,1,3-4H2,(H3,14,15)/b8-5-. The van der Waals surface area contributed by atoms with Crippen LogP contribution in [-0.2, 0) is 0 Å². The number of halogens is 3. The Balaban J connectivity index is 2.92. The Morgan fingerprint density at radius 2 is 2.33 bits per heavy atom. The quantitative estimate of drug-likeness (QED) is 0.594. The van der Waals surface area contributed by atoms with Crippen molar-refractivity contribution < 1.29 is 13.2 Å². The number of nitrogens with one attached hydrogen (secondary N) is 1. The largest absolute Gasteiger partial charge is 0.394 e. The van der Waals surface area contributed by atoms with Crippen molar-refractivity contribution >= 4 is 18.8 Å². The molecule has 0 atom stereocenters. The van der Waals surface area contributed by atoms with E-state index < -0.39 is 12.6 Å². The molecule has 0 aromatic rings. The Morgan fingerprint density at radius 1 is 1.67 bits per heavy atom. The summed E-state index contributed by atoms with van der Waals surface area (Å²) in [7, 11) is 0.